The smallest absolute Gasteiger partial charge is 0.224 e. The van der Waals surface area contributed by atoms with Crippen LogP contribution in [0.1, 0.15) is 56.9 Å². The molecule has 3 nitrogen and oxygen atoms in total. The van der Waals surface area contributed by atoms with Gasteiger partial charge in [0.1, 0.15) is 0 Å². The van der Waals surface area contributed by atoms with Crippen molar-refractivity contribution in [3.63, 3.8) is 0 Å². The number of pyridine rings is 1. The normalized spacial score (nSPS) is 15.7. The van der Waals surface area contributed by atoms with Crippen LogP contribution < -0.4 is 5.32 Å². The number of hydrogen-bond acceptors (Lipinski definition) is 3. The Balaban J connectivity index is 1.96. The Morgan fingerprint density at radius 2 is 2.00 bits per heavy atom. The summed E-state index contributed by atoms with van der Waals surface area (Å²) in [5, 5.41) is 4.00. The number of amides is 1. The molecular formula is C18H22N2OS. The topological polar surface area (TPSA) is 42.0 Å². The molecule has 1 aliphatic carbocycles. The van der Waals surface area contributed by atoms with Crippen LogP contribution in [0.3, 0.4) is 0 Å². The van der Waals surface area contributed by atoms with Crippen molar-refractivity contribution in [1.29, 1.82) is 0 Å². The number of hydrogen-bond donors (Lipinski definition) is 1. The zero-order valence-electron chi connectivity index (χ0n) is 13.0. The minimum Gasteiger partial charge on any atom is -0.318 e. The van der Waals surface area contributed by atoms with Gasteiger partial charge in [0.2, 0.25) is 5.91 Å². The van der Waals surface area contributed by atoms with Gasteiger partial charge in [0, 0.05) is 23.7 Å². The Hall–Kier alpha value is -1.68. The number of rotatable bonds is 4. The van der Waals surface area contributed by atoms with Crippen LogP contribution in [-0.2, 0) is 4.79 Å². The molecule has 1 aliphatic rings. The molecule has 3 rings (SSSR count). The third kappa shape index (κ3) is 3.38. The van der Waals surface area contributed by atoms with Crippen molar-refractivity contribution >= 4 is 22.2 Å². The summed E-state index contributed by atoms with van der Waals surface area (Å²) in [4.78, 5) is 17.1. The zero-order valence-corrected chi connectivity index (χ0v) is 13.8. The van der Waals surface area contributed by atoms with Gasteiger partial charge in [-0.15, -0.1) is 11.3 Å². The first-order valence-electron chi connectivity index (χ1n) is 8.12. The zero-order chi connectivity index (χ0) is 15.4. The minimum absolute atomic E-state index is 0.0812. The third-order valence-corrected chi connectivity index (χ3v) is 5.45. The number of carbonyl (C=O) groups is 1. The molecule has 0 aliphatic heterocycles. The van der Waals surface area contributed by atoms with E-state index in [0.29, 0.717) is 12.3 Å². The fraction of sp³-hybridized carbons (Fsp3) is 0.444. The van der Waals surface area contributed by atoms with Crippen LogP contribution in [0.5, 0.6) is 0 Å². The van der Waals surface area contributed by atoms with Crippen LogP contribution in [-0.4, -0.2) is 10.9 Å². The summed E-state index contributed by atoms with van der Waals surface area (Å²) < 4.78 is 0. The summed E-state index contributed by atoms with van der Waals surface area (Å²) in [7, 11) is 0. The number of thiophene rings is 1. The van der Waals surface area contributed by atoms with Crippen LogP contribution >= 0.6 is 11.3 Å². The lowest BCUT2D eigenvalue weighted by Gasteiger charge is -2.22. The third-order valence-electron chi connectivity index (χ3n) is 4.33. The first-order valence-corrected chi connectivity index (χ1v) is 8.93. The number of nitrogens with zero attached hydrogens (tertiary/aromatic N) is 1. The van der Waals surface area contributed by atoms with E-state index in [2.05, 4.69) is 28.5 Å². The Bertz CT molecular complexity index is 630. The Labute approximate surface area is 135 Å². The summed E-state index contributed by atoms with van der Waals surface area (Å²) in [6, 6.07) is 6.32. The van der Waals surface area contributed by atoms with Gasteiger partial charge in [-0.25, -0.2) is 0 Å². The highest BCUT2D eigenvalue weighted by atomic mass is 32.1. The molecule has 4 heteroatoms. The highest BCUT2D eigenvalue weighted by Crippen LogP contribution is 2.44. The van der Waals surface area contributed by atoms with Gasteiger partial charge in [0.05, 0.1) is 5.00 Å². The molecule has 1 N–H and O–H groups in total. The number of anilines is 1. The molecule has 2 aromatic rings. The Morgan fingerprint density at radius 3 is 2.68 bits per heavy atom. The second-order valence-electron chi connectivity index (χ2n) is 5.87. The van der Waals surface area contributed by atoms with E-state index < -0.39 is 0 Å². The van der Waals surface area contributed by atoms with E-state index in [9.17, 15) is 4.79 Å². The molecule has 1 amide bonds. The van der Waals surface area contributed by atoms with E-state index >= 15 is 0 Å². The van der Waals surface area contributed by atoms with E-state index in [0.717, 1.165) is 5.00 Å². The Kier molecular flexibility index (Phi) is 4.88. The minimum atomic E-state index is 0.0812. The van der Waals surface area contributed by atoms with E-state index in [-0.39, 0.29) is 5.91 Å². The fourth-order valence-corrected chi connectivity index (χ4v) is 4.31. The summed E-state index contributed by atoms with van der Waals surface area (Å²) in [6.07, 6.45) is 10.7. The number of nitrogens with one attached hydrogen (secondary N) is 1. The van der Waals surface area contributed by atoms with Gasteiger partial charge in [0.15, 0.2) is 0 Å². The number of aromatic nitrogens is 1. The summed E-state index contributed by atoms with van der Waals surface area (Å²) >= 11 is 1.69. The summed E-state index contributed by atoms with van der Waals surface area (Å²) in [5.74, 6) is 0.707. The molecule has 2 heterocycles. The summed E-state index contributed by atoms with van der Waals surface area (Å²) in [5.41, 5.74) is 2.61. The molecule has 22 heavy (non-hydrogen) atoms. The molecule has 0 radical (unpaired) electrons. The highest BCUT2D eigenvalue weighted by Gasteiger charge is 2.22. The van der Waals surface area contributed by atoms with Crippen molar-refractivity contribution < 1.29 is 4.79 Å². The van der Waals surface area contributed by atoms with Crippen LogP contribution in [0.15, 0.2) is 30.6 Å². The average molecular weight is 314 g/mol. The second kappa shape index (κ2) is 7.05. The van der Waals surface area contributed by atoms with Crippen molar-refractivity contribution in [2.24, 2.45) is 0 Å². The van der Waals surface area contributed by atoms with E-state index in [1.54, 1.807) is 11.3 Å². The second-order valence-corrected chi connectivity index (χ2v) is 6.92. The van der Waals surface area contributed by atoms with Crippen LogP contribution in [0.4, 0.5) is 5.00 Å². The maximum atomic E-state index is 11.7. The van der Waals surface area contributed by atoms with Crippen molar-refractivity contribution in [2.45, 2.75) is 51.4 Å². The first kappa shape index (κ1) is 15.2. The predicted octanol–water partition coefficient (Wildman–Crippen LogP) is 5.21. The van der Waals surface area contributed by atoms with E-state index in [4.69, 9.17) is 0 Å². The largest absolute Gasteiger partial charge is 0.318 e. The molecule has 0 aromatic carbocycles. The maximum absolute atomic E-state index is 11.7. The highest BCUT2D eigenvalue weighted by molar-refractivity contribution is 7.19. The van der Waals surface area contributed by atoms with Gasteiger partial charge in [-0.05, 0) is 48.1 Å². The molecule has 2 aromatic heterocycles. The molecule has 116 valence electrons. The van der Waals surface area contributed by atoms with E-state index in [1.807, 2.05) is 19.3 Å². The quantitative estimate of drug-likeness (QED) is 0.842. The fourth-order valence-electron chi connectivity index (χ4n) is 3.14. The predicted molar refractivity (Wildman–Crippen MR) is 92.3 cm³/mol. The van der Waals surface area contributed by atoms with Crippen molar-refractivity contribution in [1.82, 2.24) is 4.98 Å². The standard InChI is InChI=1S/C18H22N2OS/c1-2-16(21)20-17-12-15(13-6-4-3-5-7-13)18(22-17)14-8-10-19-11-9-14/h8-13H,2-7H2,1H3,(H,20,21). The van der Waals surface area contributed by atoms with Gasteiger partial charge >= 0.3 is 0 Å². The van der Waals surface area contributed by atoms with Crippen LogP contribution in [0.25, 0.3) is 10.4 Å². The van der Waals surface area contributed by atoms with Crippen LogP contribution in [0.2, 0.25) is 0 Å². The van der Waals surface area contributed by atoms with Crippen LogP contribution in [0, 0.1) is 0 Å². The average Bonchev–Trinajstić information content (AvgIpc) is 3.00. The van der Waals surface area contributed by atoms with Gasteiger partial charge < -0.3 is 5.32 Å². The lowest BCUT2D eigenvalue weighted by molar-refractivity contribution is -0.115. The van der Waals surface area contributed by atoms with Crippen molar-refractivity contribution in [3.8, 4) is 10.4 Å². The van der Waals surface area contributed by atoms with E-state index in [1.165, 1.54) is 48.1 Å². The lowest BCUT2D eigenvalue weighted by atomic mass is 9.83. The summed E-state index contributed by atoms with van der Waals surface area (Å²) in [6.45, 7) is 1.88. The van der Waals surface area contributed by atoms with Gasteiger partial charge in [-0.3, -0.25) is 9.78 Å². The SMILES string of the molecule is CCC(=O)Nc1cc(C2CCCCC2)c(-c2ccncc2)s1. The number of carbonyl (C=O) groups excluding carboxylic acids is 1. The molecule has 0 spiro atoms. The Morgan fingerprint density at radius 1 is 1.27 bits per heavy atom. The molecule has 1 saturated carbocycles. The molecule has 0 bridgehead atoms. The van der Waals surface area contributed by atoms with Crippen molar-refractivity contribution in [2.75, 3.05) is 5.32 Å². The molecule has 1 fully saturated rings. The molecule has 0 saturated heterocycles. The van der Waals surface area contributed by atoms with Gasteiger partial charge in [-0.2, -0.15) is 0 Å². The monoisotopic (exact) mass is 314 g/mol. The van der Waals surface area contributed by atoms with Crippen molar-refractivity contribution in [3.05, 3.63) is 36.2 Å². The van der Waals surface area contributed by atoms with Gasteiger partial charge in [0.25, 0.3) is 0 Å². The lowest BCUT2D eigenvalue weighted by Crippen LogP contribution is -2.08. The molecular weight excluding hydrogens is 292 g/mol. The maximum Gasteiger partial charge on any atom is 0.224 e. The molecule has 0 unspecified atom stereocenters. The molecule has 0 atom stereocenters. The first-order chi connectivity index (χ1) is 10.8. The van der Waals surface area contributed by atoms with Gasteiger partial charge in [-0.1, -0.05) is 26.2 Å².